The normalized spacial score (nSPS) is 12.6. The number of halogens is 2. The van der Waals surface area contributed by atoms with Crippen LogP contribution in [0.2, 0.25) is 5.02 Å². The number of fused-ring (bicyclic) bond motifs is 1. The summed E-state index contributed by atoms with van der Waals surface area (Å²) in [6.45, 7) is -0.217. The predicted molar refractivity (Wildman–Crippen MR) is 105 cm³/mol. The molecular formula is C20H18ClFN4O2. The Hall–Kier alpha value is -2.90. The van der Waals surface area contributed by atoms with Gasteiger partial charge in [0.25, 0.3) is 0 Å². The molecule has 0 aliphatic rings. The highest BCUT2D eigenvalue weighted by Gasteiger charge is 2.19. The van der Waals surface area contributed by atoms with E-state index >= 15 is 0 Å². The van der Waals surface area contributed by atoms with E-state index in [-0.39, 0.29) is 18.3 Å². The highest BCUT2D eigenvalue weighted by Crippen LogP contribution is 2.33. The third-order valence-electron chi connectivity index (χ3n) is 4.77. The number of aryl methyl sites for hydroxylation is 1. The fraction of sp³-hybridized carbons (Fsp3) is 0.200. The lowest BCUT2D eigenvalue weighted by Gasteiger charge is -2.17. The summed E-state index contributed by atoms with van der Waals surface area (Å²) < 4.78 is 16.7. The van der Waals surface area contributed by atoms with Crippen molar-refractivity contribution in [3.05, 3.63) is 65.2 Å². The second-order valence-corrected chi connectivity index (χ2v) is 7.03. The molecule has 4 rings (SSSR count). The van der Waals surface area contributed by atoms with Crippen molar-refractivity contribution in [1.29, 1.82) is 0 Å². The van der Waals surface area contributed by atoms with Crippen LogP contribution in [0.5, 0.6) is 5.88 Å². The first kappa shape index (κ1) is 18.5. The Labute approximate surface area is 165 Å². The van der Waals surface area contributed by atoms with Gasteiger partial charge in [-0.1, -0.05) is 23.7 Å². The van der Waals surface area contributed by atoms with Gasteiger partial charge in [0.1, 0.15) is 11.5 Å². The molecule has 0 saturated carbocycles. The molecule has 0 fully saturated rings. The van der Waals surface area contributed by atoms with Gasteiger partial charge >= 0.3 is 0 Å². The summed E-state index contributed by atoms with van der Waals surface area (Å²) in [5.74, 6) is -0.337. The van der Waals surface area contributed by atoms with Crippen LogP contribution in [0, 0.1) is 5.82 Å². The van der Waals surface area contributed by atoms with Gasteiger partial charge in [0.05, 0.1) is 40.5 Å². The number of hydrogen-bond acceptors (Lipinski definition) is 4. The van der Waals surface area contributed by atoms with Gasteiger partial charge in [0.2, 0.25) is 5.88 Å². The van der Waals surface area contributed by atoms with Gasteiger partial charge in [-0.05, 0) is 36.2 Å². The predicted octanol–water partition coefficient (Wildman–Crippen LogP) is 3.71. The quantitative estimate of drug-likeness (QED) is 0.535. The van der Waals surface area contributed by atoms with Crippen LogP contribution < -0.4 is 0 Å². The minimum Gasteiger partial charge on any atom is -0.494 e. The zero-order valence-corrected chi connectivity index (χ0v) is 15.8. The maximum Gasteiger partial charge on any atom is 0.201 e. The summed E-state index contributed by atoms with van der Waals surface area (Å²) in [5, 5.41) is 25.7. The lowest BCUT2D eigenvalue weighted by molar-refractivity contribution is 0.218. The molecule has 144 valence electrons. The smallest absolute Gasteiger partial charge is 0.201 e. The van der Waals surface area contributed by atoms with Crippen LogP contribution in [0.3, 0.4) is 0 Å². The van der Waals surface area contributed by atoms with E-state index in [1.54, 1.807) is 53.0 Å². The second kappa shape index (κ2) is 7.26. The van der Waals surface area contributed by atoms with Crippen molar-refractivity contribution in [2.45, 2.75) is 12.5 Å². The number of aliphatic hydroxyl groups excluding tert-OH is 1. The molecule has 2 N–H and O–H groups in total. The molecular weight excluding hydrogens is 383 g/mol. The summed E-state index contributed by atoms with van der Waals surface area (Å²) in [6, 6.07) is 9.25. The first-order valence-electron chi connectivity index (χ1n) is 8.71. The van der Waals surface area contributed by atoms with Gasteiger partial charge in [-0.3, -0.25) is 4.68 Å². The maximum atomic E-state index is 13.5. The van der Waals surface area contributed by atoms with Crippen LogP contribution in [0.1, 0.15) is 11.6 Å². The highest BCUT2D eigenvalue weighted by atomic mass is 35.5. The molecule has 1 unspecified atom stereocenters. The second-order valence-electron chi connectivity index (χ2n) is 6.62. The molecule has 0 radical (unpaired) electrons. The Kier molecular flexibility index (Phi) is 4.78. The van der Waals surface area contributed by atoms with Crippen molar-refractivity contribution in [2.24, 2.45) is 7.05 Å². The minimum absolute atomic E-state index is 0.000561. The SMILES string of the molecule is Cn1ncc(Cl)c1-c1ccc2c(O)n(C(CO)Cc3cccc(F)c3)cc2n1. The summed E-state index contributed by atoms with van der Waals surface area (Å²) >= 11 is 6.20. The molecule has 3 heterocycles. The fourth-order valence-electron chi connectivity index (χ4n) is 3.39. The molecule has 3 aromatic heterocycles. The van der Waals surface area contributed by atoms with Crippen LogP contribution >= 0.6 is 11.6 Å². The van der Waals surface area contributed by atoms with Crippen molar-refractivity contribution in [1.82, 2.24) is 19.3 Å². The van der Waals surface area contributed by atoms with Crippen molar-refractivity contribution < 1.29 is 14.6 Å². The average molecular weight is 401 g/mol. The van der Waals surface area contributed by atoms with Gasteiger partial charge in [-0.15, -0.1) is 0 Å². The van der Waals surface area contributed by atoms with Crippen LogP contribution in [0.15, 0.2) is 48.8 Å². The third kappa shape index (κ3) is 3.23. The van der Waals surface area contributed by atoms with Gasteiger partial charge in [0.15, 0.2) is 0 Å². The molecule has 28 heavy (non-hydrogen) atoms. The minimum atomic E-state index is -0.459. The molecule has 0 bridgehead atoms. The number of nitrogens with zero attached hydrogens (tertiary/aromatic N) is 4. The zero-order chi connectivity index (χ0) is 19.8. The van der Waals surface area contributed by atoms with E-state index < -0.39 is 6.04 Å². The molecule has 0 saturated heterocycles. The summed E-state index contributed by atoms with van der Waals surface area (Å²) in [5.41, 5.74) is 2.59. The summed E-state index contributed by atoms with van der Waals surface area (Å²) in [7, 11) is 1.77. The first-order chi connectivity index (χ1) is 13.5. The topological polar surface area (TPSA) is 76.1 Å². The standard InChI is InChI=1S/C20H18ClFN4O2/c1-25-19(16(21)9-23-25)17-6-5-15-18(24-17)10-26(20(15)28)14(11-27)8-12-3-2-4-13(22)7-12/h2-7,9-10,14,27-28H,8,11H2,1H3. The van der Waals surface area contributed by atoms with Crippen LogP contribution in [0.4, 0.5) is 4.39 Å². The Morgan fingerprint density at radius 2 is 2.07 bits per heavy atom. The third-order valence-corrected chi connectivity index (χ3v) is 5.05. The zero-order valence-electron chi connectivity index (χ0n) is 15.0. The van der Waals surface area contributed by atoms with E-state index in [1.165, 1.54) is 12.1 Å². The Bertz CT molecular complexity index is 1140. The fourth-order valence-corrected chi connectivity index (χ4v) is 3.65. The summed E-state index contributed by atoms with van der Waals surface area (Å²) in [6.07, 6.45) is 3.59. The van der Waals surface area contributed by atoms with E-state index in [1.807, 2.05) is 0 Å². The lowest BCUT2D eigenvalue weighted by Crippen LogP contribution is -2.15. The molecule has 6 nitrogen and oxygen atoms in total. The number of benzene rings is 1. The number of aromatic hydroxyl groups is 1. The largest absolute Gasteiger partial charge is 0.494 e. The number of aliphatic hydroxyl groups is 1. The van der Waals surface area contributed by atoms with E-state index in [0.29, 0.717) is 33.7 Å². The van der Waals surface area contributed by atoms with Crippen molar-refractivity contribution in [3.63, 3.8) is 0 Å². The lowest BCUT2D eigenvalue weighted by atomic mass is 10.1. The summed E-state index contributed by atoms with van der Waals surface area (Å²) in [4.78, 5) is 4.59. The first-order valence-corrected chi connectivity index (χ1v) is 9.09. The van der Waals surface area contributed by atoms with Crippen LogP contribution in [-0.4, -0.2) is 36.2 Å². The Morgan fingerprint density at radius 1 is 1.25 bits per heavy atom. The van der Waals surface area contributed by atoms with Crippen molar-refractivity contribution >= 4 is 22.5 Å². The van der Waals surface area contributed by atoms with Gasteiger partial charge in [0, 0.05) is 13.2 Å². The molecule has 0 amide bonds. The van der Waals surface area contributed by atoms with E-state index in [4.69, 9.17) is 11.6 Å². The van der Waals surface area contributed by atoms with E-state index in [0.717, 1.165) is 5.56 Å². The van der Waals surface area contributed by atoms with Crippen molar-refractivity contribution in [2.75, 3.05) is 6.61 Å². The molecule has 1 aromatic carbocycles. The Morgan fingerprint density at radius 3 is 2.75 bits per heavy atom. The number of rotatable bonds is 5. The molecule has 0 spiro atoms. The number of pyridine rings is 1. The number of hydrogen-bond donors (Lipinski definition) is 2. The maximum absolute atomic E-state index is 13.5. The molecule has 4 aromatic rings. The molecule has 8 heteroatoms. The monoisotopic (exact) mass is 400 g/mol. The van der Waals surface area contributed by atoms with Gasteiger partial charge in [-0.2, -0.15) is 5.10 Å². The average Bonchev–Trinajstić information content (AvgIpc) is 3.18. The van der Waals surface area contributed by atoms with Crippen LogP contribution in [-0.2, 0) is 13.5 Å². The number of aromatic nitrogens is 4. The Balaban J connectivity index is 1.74. The molecule has 0 aliphatic carbocycles. The van der Waals surface area contributed by atoms with Crippen molar-refractivity contribution in [3.8, 4) is 17.3 Å². The van der Waals surface area contributed by atoms with Gasteiger partial charge < -0.3 is 14.8 Å². The van der Waals surface area contributed by atoms with Gasteiger partial charge in [-0.25, -0.2) is 9.37 Å². The highest BCUT2D eigenvalue weighted by molar-refractivity contribution is 6.32. The molecule has 1 atom stereocenters. The van der Waals surface area contributed by atoms with E-state index in [2.05, 4.69) is 10.1 Å². The van der Waals surface area contributed by atoms with Crippen LogP contribution in [0.25, 0.3) is 22.3 Å². The molecule has 0 aliphatic heterocycles. The van der Waals surface area contributed by atoms with E-state index in [9.17, 15) is 14.6 Å².